The summed E-state index contributed by atoms with van der Waals surface area (Å²) in [5.74, 6) is 0.544. The lowest BCUT2D eigenvalue weighted by Gasteiger charge is -2.29. The van der Waals surface area contributed by atoms with Gasteiger partial charge in [-0.05, 0) is 49.9 Å². The molecule has 2 aromatic rings. The number of methoxy groups -OCH3 is 1. The maximum atomic E-state index is 12.6. The molecule has 1 heterocycles. The maximum Gasteiger partial charge on any atom is 0.235 e. The molecule has 0 saturated heterocycles. The molecular formula is C21H28N2O5S. The Labute approximate surface area is 171 Å². The zero-order valence-corrected chi connectivity index (χ0v) is 17.9. The van der Waals surface area contributed by atoms with Gasteiger partial charge in [-0.3, -0.25) is 4.79 Å². The van der Waals surface area contributed by atoms with E-state index in [4.69, 9.17) is 9.15 Å². The molecule has 0 bridgehead atoms. The molecule has 1 aliphatic rings. The van der Waals surface area contributed by atoms with Crippen LogP contribution in [0.25, 0.3) is 11.5 Å². The summed E-state index contributed by atoms with van der Waals surface area (Å²) in [6.45, 7) is 3.77. The predicted octanol–water partition coefficient (Wildman–Crippen LogP) is 3.27. The van der Waals surface area contributed by atoms with Gasteiger partial charge in [-0.15, -0.1) is 0 Å². The van der Waals surface area contributed by atoms with E-state index < -0.39 is 21.5 Å². The van der Waals surface area contributed by atoms with Crippen LogP contribution >= 0.6 is 0 Å². The van der Waals surface area contributed by atoms with Crippen LogP contribution in [0.2, 0.25) is 0 Å². The highest BCUT2D eigenvalue weighted by molar-refractivity contribution is 7.91. The molecule has 1 aliphatic carbocycles. The van der Waals surface area contributed by atoms with Gasteiger partial charge in [0.25, 0.3) is 0 Å². The predicted molar refractivity (Wildman–Crippen MR) is 110 cm³/mol. The number of benzene rings is 1. The number of carbonyl (C=O) groups excluding carboxylic acids is 1. The second-order valence-corrected chi connectivity index (χ2v) is 9.78. The molecule has 0 spiro atoms. The fraction of sp³-hybridized carbons (Fsp3) is 0.524. The van der Waals surface area contributed by atoms with E-state index in [0.717, 1.165) is 31.2 Å². The summed E-state index contributed by atoms with van der Waals surface area (Å²) in [7, 11) is -2.08. The van der Waals surface area contributed by atoms with E-state index in [1.165, 1.54) is 0 Å². The van der Waals surface area contributed by atoms with Gasteiger partial charge >= 0.3 is 0 Å². The van der Waals surface area contributed by atoms with Gasteiger partial charge in [0, 0.05) is 11.6 Å². The standard InChI is InChI=1S/C21H28N2O5S/c1-14-6-4-5-7-18(14)22-20(24)13-29(25,26)12-19-15(2)28-21(23-19)16-8-10-17(27-3)11-9-16/h8-11,14,18H,4-7,12-13H2,1-3H3,(H,22,24)/t14-,18-/m0/s1. The Kier molecular flexibility index (Phi) is 6.62. The van der Waals surface area contributed by atoms with Gasteiger partial charge < -0.3 is 14.5 Å². The Morgan fingerprint density at radius 3 is 2.59 bits per heavy atom. The molecule has 1 fully saturated rings. The van der Waals surface area contributed by atoms with Crippen LogP contribution in [0.15, 0.2) is 28.7 Å². The highest BCUT2D eigenvalue weighted by Crippen LogP contribution is 2.26. The molecular weight excluding hydrogens is 392 g/mol. The van der Waals surface area contributed by atoms with E-state index in [2.05, 4.69) is 17.2 Å². The number of aromatic nitrogens is 1. The summed E-state index contributed by atoms with van der Waals surface area (Å²) in [5.41, 5.74) is 1.05. The average Bonchev–Trinajstić information content (AvgIpc) is 3.03. The van der Waals surface area contributed by atoms with E-state index in [1.807, 2.05) is 0 Å². The molecule has 7 nitrogen and oxygen atoms in total. The van der Waals surface area contributed by atoms with E-state index in [9.17, 15) is 13.2 Å². The van der Waals surface area contributed by atoms with Crippen molar-refractivity contribution in [1.82, 2.24) is 10.3 Å². The zero-order chi connectivity index (χ0) is 21.0. The first-order valence-corrected chi connectivity index (χ1v) is 11.7. The van der Waals surface area contributed by atoms with Crippen molar-refractivity contribution in [3.8, 4) is 17.2 Å². The smallest absolute Gasteiger partial charge is 0.235 e. The van der Waals surface area contributed by atoms with Crippen molar-refractivity contribution >= 4 is 15.7 Å². The molecule has 3 rings (SSSR count). The van der Waals surface area contributed by atoms with E-state index in [1.54, 1.807) is 38.3 Å². The normalized spacial score (nSPS) is 19.7. The largest absolute Gasteiger partial charge is 0.497 e. The van der Waals surface area contributed by atoms with Gasteiger partial charge in [0.1, 0.15) is 17.3 Å². The second-order valence-electron chi connectivity index (χ2n) is 7.72. The van der Waals surface area contributed by atoms with Crippen molar-refractivity contribution in [2.24, 2.45) is 5.92 Å². The number of carbonyl (C=O) groups is 1. The van der Waals surface area contributed by atoms with Gasteiger partial charge in [-0.2, -0.15) is 0 Å². The Hall–Kier alpha value is -2.35. The van der Waals surface area contributed by atoms with Crippen LogP contribution in [0, 0.1) is 12.8 Å². The fourth-order valence-electron chi connectivity index (χ4n) is 3.66. The summed E-state index contributed by atoms with van der Waals surface area (Å²) in [6, 6.07) is 7.20. The van der Waals surface area contributed by atoms with Crippen molar-refractivity contribution in [2.75, 3.05) is 12.9 Å². The minimum absolute atomic E-state index is 0.0573. The van der Waals surface area contributed by atoms with E-state index in [0.29, 0.717) is 29.0 Å². The Balaban J connectivity index is 1.65. The van der Waals surface area contributed by atoms with Crippen LogP contribution in [-0.2, 0) is 20.4 Å². The summed E-state index contributed by atoms with van der Waals surface area (Å²) in [4.78, 5) is 16.6. The summed E-state index contributed by atoms with van der Waals surface area (Å²) >= 11 is 0. The summed E-state index contributed by atoms with van der Waals surface area (Å²) in [6.07, 6.45) is 4.19. The highest BCUT2D eigenvalue weighted by Gasteiger charge is 2.26. The van der Waals surface area contributed by atoms with Crippen molar-refractivity contribution in [3.63, 3.8) is 0 Å². The van der Waals surface area contributed by atoms with Crippen LogP contribution in [0.5, 0.6) is 5.75 Å². The van der Waals surface area contributed by atoms with Gasteiger partial charge in [-0.1, -0.05) is 19.8 Å². The third-order valence-electron chi connectivity index (χ3n) is 5.40. The molecule has 0 unspecified atom stereocenters. The molecule has 1 aromatic heterocycles. The summed E-state index contributed by atoms with van der Waals surface area (Å²) < 4.78 is 35.9. The quantitative estimate of drug-likeness (QED) is 0.738. The number of aryl methyl sites for hydroxylation is 1. The molecule has 0 radical (unpaired) electrons. The molecule has 1 aromatic carbocycles. The number of oxazole rings is 1. The molecule has 8 heteroatoms. The first-order valence-electron chi connectivity index (χ1n) is 9.88. The van der Waals surface area contributed by atoms with Crippen molar-refractivity contribution in [1.29, 1.82) is 0 Å². The van der Waals surface area contributed by atoms with E-state index in [-0.39, 0.29) is 11.8 Å². The first-order chi connectivity index (χ1) is 13.8. The number of amides is 1. The van der Waals surface area contributed by atoms with Gasteiger partial charge in [0.05, 0.1) is 18.6 Å². The first kappa shape index (κ1) is 21.4. The van der Waals surface area contributed by atoms with Crippen molar-refractivity contribution in [2.45, 2.75) is 51.3 Å². The van der Waals surface area contributed by atoms with Crippen LogP contribution in [0.3, 0.4) is 0 Å². The average molecular weight is 421 g/mol. The van der Waals surface area contributed by atoms with E-state index >= 15 is 0 Å². The van der Waals surface area contributed by atoms with Crippen molar-refractivity contribution in [3.05, 3.63) is 35.7 Å². The Morgan fingerprint density at radius 2 is 1.93 bits per heavy atom. The fourth-order valence-corrected chi connectivity index (χ4v) is 4.93. The minimum atomic E-state index is -3.66. The molecule has 0 aliphatic heterocycles. The number of nitrogens with zero attached hydrogens (tertiary/aromatic N) is 1. The number of ether oxygens (including phenoxy) is 1. The molecule has 1 saturated carbocycles. The lowest BCUT2D eigenvalue weighted by Crippen LogP contribution is -2.43. The molecule has 29 heavy (non-hydrogen) atoms. The van der Waals surface area contributed by atoms with Crippen LogP contribution in [-0.4, -0.2) is 38.2 Å². The third kappa shape index (κ3) is 5.59. The number of rotatable bonds is 7. The zero-order valence-electron chi connectivity index (χ0n) is 17.1. The monoisotopic (exact) mass is 420 g/mol. The lowest BCUT2D eigenvalue weighted by atomic mass is 9.86. The van der Waals surface area contributed by atoms with Gasteiger partial charge in [-0.25, -0.2) is 13.4 Å². The third-order valence-corrected chi connectivity index (χ3v) is 6.81. The van der Waals surface area contributed by atoms with Gasteiger partial charge in [0.15, 0.2) is 9.84 Å². The highest BCUT2D eigenvalue weighted by atomic mass is 32.2. The van der Waals surface area contributed by atoms with Crippen LogP contribution < -0.4 is 10.1 Å². The lowest BCUT2D eigenvalue weighted by molar-refractivity contribution is -0.119. The number of nitrogens with one attached hydrogen (secondary N) is 1. The minimum Gasteiger partial charge on any atom is -0.497 e. The molecule has 1 amide bonds. The van der Waals surface area contributed by atoms with Gasteiger partial charge in [0.2, 0.25) is 11.8 Å². The summed E-state index contributed by atoms with van der Waals surface area (Å²) in [5, 5.41) is 2.89. The second kappa shape index (κ2) is 8.98. The molecule has 2 atom stereocenters. The SMILES string of the molecule is COc1ccc(-c2nc(CS(=O)(=O)CC(=O)N[C@H]3CCCC[C@@H]3C)c(C)o2)cc1. The Bertz CT molecular complexity index is 950. The number of sulfone groups is 1. The molecule has 1 N–H and O–H groups in total. The Morgan fingerprint density at radius 1 is 1.24 bits per heavy atom. The maximum absolute atomic E-state index is 12.6. The van der Waals surface area contributed by atoms with Crippen molar-refractivity contribution < 1.29 is 22.4 Å². The molecule has 158 valence electrons. The number of hydrogen-bond acceptors (Lipinski definition) is 6. The van der Waals surface area contributed by atoms with Crippen LogP contribution in [0.1, 0.15) is 44.1 Å². The van der Waals surface area contributed by atoms with Crippen LogP contribution in [0.4, 0.5) is 0 Å². The number of hydrogen-bond donors (Lipinski definition) is 1. The topological polar surface area (TPSA) is 98.5 Å².